The van der Waals surface area contributed by atoms with Crippen LogP contribution in [0.2, 0.25) is 5.02 Å². The Hall–Kier alpha value is -3.36. The summed E-state index contributed by atoms with van der Waals surface area (Å²) in [6.07, 6.45) is 1.87. The summed E-state index contributed by atoms with van der Waals surface area (Å²) in [5, 5.41) is 12.3. The molecule has 1 saturated heterocycles. The summed E-state index contributed by atoms with van der Waals surface area (Å²) in [6.45, 7) is 6.19. The second-order valence-corrected chi connectivity index (χ2v) is 9.88. The van der Waals surface area contributed by atoms with Gasteiger partial charge in [0.25, 0.3) is 5.79 Å². The molecule has 0 saturated carbocycles. The second-order valence-electron chi connectivity index (χ2n) is 9.44. The third-order valence-electron chi connectivity index (χ3n) is 7.00. The normalized spacial score (nSPS) is 20.6. The van der Waals surface area contributed by atoms with Crippen molar-refractivity contribution in [3.05, 3.63) is 87.4 Å². The molecule has 0 amide bonds. The molecule has 2 aliphatic rings. The lowest BCUT2D eigenvalue weighted by Gasteiger charge is -2.32. The van der Waals surface area contributed by atoms with Gasteiger partial charge >= 0.3 is 0 Å². The number of aromatic nitrogens is 1. The number of hydrogen-bond donors (Lipinski definition) is 2. The zero-order chi connectivity index (χ0) is 25.4. The minimum Gasteiger partial charge on any atom is -0.444 e. The number of hydrogen-bond acceptors (Lipinski definition) is 6. The molecule has 2 aromatic carbocycles. The Bertz CT molecular complexity index is 1330. The molecular weight excluding hydrogens is 483 g/mol. The Kier molecular flexibility index (Phi) is 6.49. The van der Waals surface area contributed by atoms with Crippen LogP contribution in [0, 0.1) is 12.7 Å². The van der Waals surface area contributed by atoms with E-state index < -0.39 is 11.6 Å². The number of rotatable bonds is 5. The van der Waals surface area contributed by atoms with E-state index in [1.54, 1.807) is 25.1 Å². The van der Waals surface area contributed by atoms with Gasteiger partial charge in [-0.1, -0.05) is 35.0 Å². The molecule has 1 atom stereocenters. The number of pyridine rings is 1. The first-order valence-electron chi connectivity index (χ1n) is 11.9. The molecular formula is C27H28ClFN4O3. The predicted octanol–water partition coefficient (Wildman–Crippen LogP) is 5.30. The van der Waals surface area contributed by atoms with Gasteiger partial charge in [0.15, 0.2) is 17.3 Å². The molecule has 188 valence electrons. The fourth-order valence-electron chi connectivity index (χ4n) is 4.98. The van der Waals surface area contributed by atoms with E-state index in [-0.39, 0.29) is 11.8 Å². The average Bonchev–Trinajstić information content (AvgIpc) is 3.22. The summed E-state index contributed by atoms with van der Waals surface area (Å²) in [7, 11) is 0. The van der Waals surface area contributed by atoms with E-state index in [0.717, 1.165) is 42.8 Å². The van der Waals surface area contributed by atoms with Crippen molar-refractivity contribution >= 4 is 17.4 Å². The number of ether oxygens (including phenoxy) is 2. The van der Waals surface area contributed by atoms with Gasteiger partial charge in [-0.2, -0.15) is 0 Å². The van der Waals surface area contributed by atoms with Crippen LogP contribution >= 0.6 is 11.6 Å². The van der Waals surface area contributed by atoms with Crippen LogP contribution < -0.4 is 15.2 Å². The molecule has 3 heterocycles. The second kappa shape index (κ2) is 9.59. The molecule has 1 unspecified atom stereocenters. The Morgan fingerprint density at radius 2 is 2.00 bits per heavy atom. The van der Waals surface area contributed by atoms with Gasteiger partial charge in [-0.05, 0) is 74.7 Å². The number of fused-ring (bicyclic) bond motifs is 1. The smallest absolute Gasteiger partial charge is 0.278 e. The van der Waals surface area contributed by atoms with Crippen LogP contribution in [0.25, 0.3) is 0 Å². The Balaban J connectivity index is 1.30. The summed E-state index contributed by atoms with van der Waals surface area (Å²) < 4.78 is 27.1. The third kappa shape index (κ3) is 4.58. The third-order valence-corrected chi connectivity index (χ3v) is 7.24. The number of para-hydroxylation sites is 1. The molecule has 3 N–H and O–H groups in total. The number of benzene rings is 2. The predicted molar refractivity (Wildman–Crippen MR) is 135 cm³/mol. The van der Waals surface area contributed by atoms with Crippen molar-refractivity contribution in [2.75, 3.05) is 13.1 Å². The van der Waals surface area contributed by atoms with Crippen molar-refractivity contribution < 1.29 is 19.1 Å². The molecule has 5 rings (SSSR count). The van der Waals surface area contributed by atoms with Gasteiger partial charge in [0, 0.05) is 24.1 Å². The van der Waals surface area contributed by atoms with E-state index in [0.29, 0.717) is 34.3 Å². The highest BCUT2D eigenvalue weighted by Gasteiger charge is 2.42. The van der Waals surface area contributed by atoms with E-state index in [9.17, 15) is 4.39 Å². The number of nitrogens with two attached hydrogens (primary N) is 1. The van der Waals surface area contributed by atoms with Gasteiger partial charge in [0.1, 0.15) is 11.5 Å². The van der Waals surface area contributed by atoms with Crippen molar-refractivity contribution in [2.24, 2.45) is 10.9 Å². The van der Waals surface area contributed by atoms with Gasteiger partial charge in [-0.3, -0.25) is 4.90 Å². The minimum absolute atomic E-state index is 0.000548. The molecule has 1 fully saturated rings. The highest BCUT2D eigenvalue weighted by molar-refractivity contribution is 6.30. The maximum Gasteiger partial charge on any atom is 0.278 e. The van der Waals surface area contributed by atoms with Crippen LogP contribution in [0.4, 0.5) is 4.39 Å². The van der Waals surface area contributed by atoms with Crippen molar-refractivity contribution in [3.8, 4) is 11.5 Å². The van der Waals surface area contributed by atoms with Crippen LogP contribution in [-0.2, 0) is 12.3 Å². The van der Waals surface area contributed by atoms with Gasteiger partial charge in [0.05, 0.1) is 11.3 Å². The zero-order valence-electron chi connectivity index (χ0n) is 20.2. The lowest BCUT2D eigenvalue weighted by molar-refractivity contribution is -0.0712. The number of aryl methyl sites for hydroxylation is 1. The van der Waals surface area contributed by atoms with Gasteiger partial charge < -0.3 is 20.4 Å². The van der Waals surface area contributed by atoms with Crippen LogP contribution in [0.15, 0.2) is 53.7 Å². The highest BCUT2D eigenvalue weighted by atomic mass is 35.5. The number of oxime groups is 1. The monoisotopic (exact) mass is 510 g/mol. The van der Waals surface area contributed by atoms with Crippen LogP contribution in [0.3, 0.4) is 0 Å². The van der Waals surface area contributed by atoms with Gasteiger partial charge in [-0.15, -0.1) is 0 Å². The number of likely N-dealkylation sites (tertiary alicyclic amines) is 1. The quantitative estimate of drug-likeness (QED) is 0.209. The zero-order valence-corrected chi connectivity index (χ0v) is 20.9. The summed E-state index contributed by atoms with van der Waals surface area (Å²) in [6, 6.07) is 14.1. The molecule has 0 bridgehead atoms. The summed E-state index contributed by atoms with van der Waals surface area (Å²) in [5.74, 6) is -0.145. The van der Waals surface area contributed by atoms with Gasteiger partial charge in [0.2, 0.25) is 0 Å². The molecule has 3 aromatic rings. The minimum atomic E-state index is -1.26. The Morgan fingerprint density at radius 1 is 1.22 bits per heavy atom. The highest BCUT2D eigenvalue weighted by Crippen LogP contribution is 2.49. The average molecular weight is 511 g/mol. The molecule has 2 aliphatic heterocycles. The fourth-order valence-corrected chi connectivity index (χ4v) is 5.13. The van der Waals surface area contributed by atoms with Crippen molar-refractivity contribution in [2.45, 2.75) is 44.9 Å². The van der Waals surface area contributed by atoms with Crippen LogP contribution in [0.5, 0.6) is 11.5 Å². The van der Waals surface area contributed by atoms with E-state index >= 15 is 0 Å². The van der Waals surface area contributed by atoms with E-state index in [4.69, 9.17) is 32.0 Å². The van der Waals surface area contributed by atoms with Gasteiger partial charge in [-0.25, -0.2) is 9.37 Å². The number of nitrogens with zero attached hydrogens (tertiary/aromatic N) is 3. The standard InChI is InChI=1S/C27H28ClFN4O3/c1-16-6-9-22(26(30)32-34)31-23(16)15-33-12-10-17(11-13-33)19-4-3-5-24-25(19)36-27(2,35-24)20-8-7-18(28)14-21(20)29/h3-9,14,17,34H,10-13,15H2,1-2H3,(H2,30,32). The van der Waals surface area contributed by atoms with Crippen molar-refractivity contribution in [3.63, 3.8) is 0 Å². The maximum atomic E-state index is 14.7. The molecule has 0 aliphatic carbocycles. The SMILES string of the molecule is Cc1ccc(C(N)=NO)nc1CN1CCC(c2cccc3c2OC(C)(c2ccc(Cl)cc2F)O3)CC1. The largest absolute Gasteiger partial charge is 0.444 e. The first kappa shape index (κ1) is 24.3. The molecule has 9 heteroatoms. The molecule has 1 aromatic heterocycles. The Labute approximate surface area is 214 Å². The summed E-state index contributed by atoms with van der Waals surface area (Å²) >= 11 is 5.93. The van der Waals surface area contributed by atoms with E-state index in [1.807, 2.05) is 25.1 Å². The fraction of sp³-hybridized carbons (Fsp3) is 0.333. The molecule has 0 radical (unpaired) electrons. The van der Waals surface area contributed by atoms with Crippen molar-refractivity contribution in [1.82, 2.24) is 9.88 Å². The molecule has 36 heavy (non-hydrogen) atoms. The number of amidine groups is 1. The van der Waals surface area contributed by atoms with Crippen LogP contribution in [-0.4, -0.2) is 34.0 Å². The number of piperidine rings is 1. The van der Waals surface area contributed by atoms with Crippen LogP contribution in [0.1, 0.15) is 53.8 Å². The first-order chi connectivity index (χ1) is 17.3. The lowest BCUT2D eigenvalue weighted by Crippen LogP contribution is -2.34. The van der Waals surface area contributed by atoms with E-state index in [1.165, 1.54) is 6.07 Å². The first-order valence-corrected chi connectivity index (χ1v) is 12.3. The summed E-state index contributed by atoms with van der Waals surface area (Å²) in [4.78, 5) is 6.94. The molecule has 7 nitrogen and oxygen atoms in total. The molecule has 0 spiro atoms. The maximum absolute atomic E-state index is 14.7. The lowest BCUT2D eigenvalue weighted by atomic mass is 9.88. The topological polar surface area (TPSA) is 93.2 Å². The van der Waals surface area contributed by atoms with E-state index in [2.05, 4.69) is 21.1 Å². The summed E-state index contributed by atoms with van der Waals surface area (Å²) in [5.41, 5.74) is 9.54. The number of halogens is 2. The Morgan fingerprint density at radius 3 is 2.72 bits per heavy atom. The van der Waals surface area contributed by atoms with Crippen molar-refractivity contribution in [1.29, 1.82) is 0 Å².